The minimum Gasteiger partial charge on any atom is -0.478 e. The number of nitrogens with one attached hydrogen (secondary N) is 1. The van der Waals surface area contributed by atoms with Gasteiger partial charge in [-0.25, -0.2) is 4.39 Å². The first kappa shape index (κ1) is 12.5. The van der Waals surface area contributed by atoms with Crippen LogP contribution in [0.5, 0.6) is 5.75 Å². The molecule has 0 aromatic heterocycles. The lowest BCUT2D eigenvalue weighted by Crippen LogP contribution is -2.38. The number of benzene rings is 2. The van der Waals surface area contributed by atoms with E-state index in [0.29, 0.717) is 29.1 Å². The maximum Gasteiger partial charge on any atom is 0.265 e. The summed E-state index contributed by atoms with van der Waals surface area (Å²) in [6.45, 7) is 0. The number of rotatable bonds is 2. The summed E-state index contributed by atoms with van der Waals surface area (Å²) >= 11 is 0. The molecule has 1 unspecified atom stereocenters. The van der Waals surface area contributed by atoms with Crippen molar-refractivity contribution in [3.8, 4) is 5.75 Å². The van der Waals surface area contributed by atoms with Crippen LogP contribution in [0.15, 0.2) is 42.5 Å². The highest BCUT2D eigenvalue weighted by molar-refractivity contribution is 5.98. The van der Waals surface area contributed by atoms with Crippen LogP contribution in [0.3, 0.4) is 0 Å². The van der Waals surface area contributed by atoms with Gasteiger partial charge in [0, 0.05) is 18.2 Å². The summed E-state index contributed by atoms with van der Waals surface area (Å²) < 4.78 is 18.8. The first-order chi connectivity index (χ1) is 9.61. The van der Waals surface area contributed by atoms with Gasteiger partial charge < -0.3 is 15.8 Å². The van der Waals surface area contributed by atoms with Gasteiger partial charge in [-0.05, 0) is 29.8 Å². The molecule has 0 saturated heterocycles. The molecular weight excluding hydrogens is 259 g/mol. The summed E-state index contributed by atoms with van der Waals surface area (Å²) in [5.74, 6) is -0.0408. The van der Waals surface area contributed by atoms with Crippen LogP contribution in [0, 0.1) is 5.82 Å². The lowest BCUT2D eigenvalue weighted by molar-refractivity contribution is -0.123. The third-order valence-corrected chi connectivity index (χ3v) is 3.14. The number of carbonyl (C=O) groups excluding carboxylic acids is 1. The Labute approximate surface area is 115 Å². The third-order valence-electron chi connectivity index (χ3n) is 3.14. The normalized spacial score (nSPS) is 17.1. The molecule has 3 N–H and O–H groups in total. The van der Waals surface area contributed by atoms with Gasteiger partial charge in [-0.3, -0.25) is 4.79 Å². The fraction of sp³-hybridized carbons (Fsp3) is 0.133. The number of hydrogen-bond donors (Lipinski definition) is 2. The van der Waals surface area contributed by atoms with Crippen molar-refractivity contribution in [2.75, 3.05) is 11.1 Å². The molecule has 1 atom stereocenters. The number of nitrogen functional groups attached to an aromatic ring is 1. The van der Waals surface area contributed by atoms with Crippen LogP contribution in [0.25, 0.3) is 0 Å². The molecule has 2 aromatic carbocycles. The van der Waals surface area contributed by atoms with Crippen molar-refractivity contribution in [2.24, 2.45) is 0 Å². The van der Waals surface area contributed by atoms with E-state index >= 15 is 0 Å². The summed E-state index contributed by atoms with van der Waals surface area (Å²) in [5, 5.41) is 2.76. The Morgan fingerprint density at radius 3 is 2.90 bits per heavy atom. The van der Waals surface area contributed by atoms with Crippen LogP contribution in [0.2, 0.25) is 0 Å². The predicted octanol–water partition coefficient (Wildman–Crippen LogP) is 2.35. The molecule has 4 nitrogen and oxygen atoms in total. The molecule has 2 aromatic rings. The van der Waals surface area contributed by atoms with Gasteiger partial charge in [0.15, 0.2) is 6.10 Å². The Hall–Kier alpha value is -2.56. The zero-order valence-electron chi connectivity index (χ0n) is 10.6. The second kappa shape index (κ2) is 4.85. The van der Waals surface area contributed by atoms with E-state index in [4.69, 9.17) is 10.5 Å². The second-order valence-electron chi connectivity index (χ2n) is 4.69. The van der Waals surface area contributed by atoms with Gasteiger partial charge in [0.2, 0.25) is 0 Å². The van der Waals surface area contributed by atoms with Crippen LogP contribution in [-0.2, 0) is 11.2 Å². The lowest BCUT2D eigenvalue weighted by atomic mass is 10.1. The number of amides is 1. The Morgan fingerprint density at radius 1 is 1.25 bits per heavy atom. The minimum atomic E-state index is -0.689. The molecule has 0 fully saturated rings. The topological polar surface area (TPSA) is 64.3 Å². The third kappa shape index (κ3) is 2.42. The van der Waals surface area contributed by atoms with E-state index < -0.39 is 6.10 Å². The standard InChI is InChI=1S/C15H13FN2O2/c16-10-3-1-2-9(6-10)7-14-15(19)18-12-5-4-11(17)8-13(12)20-14/h1-6,8,14H,7,17H2,(H,18,19). The van der Waals surface area contributed by atoms with E-state index in [-0.39, 0.29) is 11.7 Å². The van der Waals surface area contributed by atoms with Crippen LogP contribution < -0.4 is 15.8 Å². The molecule has 0 radical (unpaired) electrons. The second-order valence-corrected chi connectivity index (χ2v) is 4.69. The van der Waals surface area contributed by atoms with Crippen LogP contribution in [0.4, 0.5) is 15.8 Å². The summed E-state index contributed by atoms with van der Waals surface area (Å²) in [6, 6.07) is 11.2. The Morgan fingerprint density at radius 2 is 2.10 bits per heavy atom. The zero-order valence-corrected chi connectivity index (χ0v) is 10.6. The summed E-state index contributed by atoms with van der Waals surface area (Å²) in [4.78, 5) is 12.0. The highest BCUT2D eigenvalue weighted by Gasteiger charge is 2.27. The van der Waals surface area contributed by atoms with Gasteiger partial charge >= 0.3 is 0 Å². The number of carbonyl (C=O) groups is 1. The summed E-state index contributed by atoms with van der Waals surface area (Å²) in [7, 11) is 0. The van der Waals surface area contributed by atoms with Gasteiger partial charge in [0.1, 0.15) is 11.6 Å². The maximum absolute atomic E-state index is 13.2. The van der Waals surface area contributed by atoms with Gasteiger partial charge in [-0.2, -0.15) is 0 Å². The number of nitrogens with two attached hydrogens (primary N) is 1. The number of fused-ring (bicyclic) bond motifs is 1. The monoisotopic (exact) mass is 272 g/mol. The Kier molecular flexibility index (Phi) is 3.02. The van der Waals surface area contributed by atoms with Gasteiger partial charge in [0.25, 0.3) is 5.91 Å². The molecule has 20 heavy (non-hydrogen) atoms. The fourth-order valence-electron chi connectivity index (χ4n) is 2.17. The largest absolute Gasteiger partial charge is 0.478 e. The van der Waals surface area contributed by atoms with E-state index in [1.165, 1.54) is 12.1 Å². The Balaban J connectivity index is 1.83. The maximum atomic E-state index is 13.2. The van der Waals surface area contributed by atoms with E-state index in [1.54, 1.807) is 30.3 Å². The van der Waals surface area contributed by atoms with Gasteiger partial charge in [0.05, 0.1) is 5.69 Å². The summed E-state index contributed by atoms with van der Waals surface area (Å²) in [6.07, 6.45) is -0.385. The lowest BCUT2D eigenvalue weighted by Gasteiger charge is -2.26. The number of ether oxygens (including phenoxy) is 1. The summed E-state index contributed by atoms with van der Waals surface area (Å²) in [5.41, 5.74) is 7.55. The zero-order chi connectivity index (χ0) is 14.1. The van der Waals surface area contributed by atoms with Gasteiger partial charge in [-0.1, -0.05) is 12.1 Å². The Bertz CT molecular complexity index is 673. The molecule has 3 rings (SSSR count). The molecule has 102 valence electrons. The molecule has 0 bridgehead atoms. The average Bonchev–Trinajstić information content (AvgIpc) is 2.40. The van der Waals surface area contributed by atoms with Gasteiger partial charge in [-0.15, -0.1) is 0 Å². The van der Waals surface area contributed by atoms with Crippen LogP contribution in [0.1, 0.15) is 5.56 Å². The molecule has 5 heteroatoms. The van der Waals surface area contributed by atoms with E-state index in [2.05, 4.69) is 5.32 Å². The van der Waals surface area contributed by atoms with Crippen molar-refractivity contribution >= 4 is 17.3 Å². The molecule has 1 heterocycles. The van der Waals surface area contributed by atoms with E-state index in [0.717, 1.165) is 0 Å². The smallest absolute Gasteiger partial charge is 0.265 e. The molecule has 1 amide bonds. The fourth-order valence-corrected chi connectivity index (χ4v) is 2.17. The first-order valence-electron chi connectivity index (χ1n) is 6.23. The number of anilines is 2. The van der Waals surface area contributed by atoms with Crippen molar-refractivity contribution in [2.45, 2.75) is 12.5 Å². The molecule has 0 spiro atoms. The SMILES string of the molecule is Nc1ccc2c(c1)OC(Cc1cccc(F)c1)C(=O)N2. The average molecular weight is 272 g/mol. The predicted molar refractivity (Wildman–Crippen MR) is 74.0 cm³/mol. The highest BCUT2D eigenvalue weighted by Crippen LogP contribution is 2.32. The number of hydrogen-bond acceptors (Lipinski definition) is 3. The van der Waals surface area contributed by atoms with Crippen LogP contribution >= 0.6 is 0 Å². The quantitative estimate of drug-likeness (QED) is 0.825. The van der Waals surface area contributed by atoms with Crippen molar-refractivity contribution in [1.29, 1.82) is 0 Å². The van der Waals surface area contributed by atoms with Crippen molar-refractivity contribution in [3.05, 3.63) is 53.8 Å². The van der Waals surface area contributed by atoms with Crippen LogP contribution in [-0.4, -0.2) is 12.0 Å². The minimum absolute atomic E-state index is 0.244. The van der Waals surface area contributed by atoms with E-state index in [9.17, 15) is 9.18 Å². The molecule has 0 saturated carbocycles. The van der Waals surface area contributed by atoms with Crippen molar-refractivity contribution in [1.82, 2.24) is 0 Å². The number of halogens is 1. The molecular formula is C15H13FN2O2. The molecule has 1 aliphatic rings. The van der Waals surface area contributed by atoms with Crippen molar-refractivity contribution in [3.63, 3.8) is 0 Å². The molecule has 1 aliphatic heterocycles. The highest BCUT2D eigenvalue weighted by atomic mass is 19.1. The first-order valence-corrected chi connectivity index (χ1v) is 6.23. The van der Waals surface area contributed by atoms with Crippen molar-refractivity contribution < 1.29 is 13.9 Å². The molecule has 0 aliphatic carbocycles. The van der Waals surface area contributed by atoms with E-state index in [1.807, 2.05) is 0 Å².